The zero-order valence-electron chi connectivity index (χ0n) is 14.7. The molecule has 132 valence electrons. The molecule has 5 rings (SSSR count). The lowest BCUT2D eigenvalue weighted by Crippen LogP contribution is -2.34. The molecule has 26 heavy (non-hydrogen) atoms. The molecule has 0 saturated carbocycles. The average Bonchev–Trinajstić information content (AvgIpc) is 3.21. The highest BCUT2D eigenvalue weighted by atomic mass is 16.4. The number of aromatic nitrogens is 1. The van der Waals surface area contributed by atoms with E-state index in [-0.39, 0.29) is 0 Å². The first-order chi connectivity index (χ1) is 12.7. The summed E-state index contributed by atoms with van der Waals surface area (Å²) < 4.78 is 0. The van der Waals surface area contributed by atoms with Gasteiger partial charge < -0.3 is 10.1 Å². The molecule has 0 amide bonds. The number of nitrogens with one attached hydrogen (secondary N) is 1. The summed E-state index contributed by atoms with van der Waals surface area (Å²) >= 11 is 0. The Morgan fingerprint density at radius 3 is 2.65 bits per heavy atom. The normalized spacial score (nSPS) is 17.4. The first-order valence-electron chi connectivity index (χ1n) is 9.33. The van der Waals surface area contributed by atoms with Gasteiger partial charge in [0.15, 0.2) is 0 Å². The van der Waals surface area contributed by atoms with Crippen LogP contribution in [0.5, 0.6) is 0 Å². The second kappa shape index (κ2) is 5.99. The summed E-state index contributed by atoms with van der Waals surface area (Å²) in [5.41, 5.74) is 6.98. The fourth-order valence-corrected chi connectivity index (χ4v) is 4.70. The Morgan fingerprint density at radius 1 is 1.15 bits per heavy atom. The third-order valence-corrected chi connectivity index (χ3v) is 5.95. The number of carboxylic acid groups (broad SMARTS) is 1. The van der Waals surface area contributed by atoms with Crippen LogP contribution < -0.4 is 0 Å². The summed E-state index contributed by atoms with van der Waals surface area (Å²) in [4.78, 5) is 17.3. The smallest absolute Gasteiger partial charge is 0.335 e. The zero-order valence-corrected chi connectivity index (χ0v) is 14.7. The predicted octanol–water partition coefficient (Wildman–Crippen LogP) is 3.64. The number of nitrogens with zero attached hydrogens (tertiary/aromatic N) is 1. The van der Waals surface area contributed by atoms with Gasteiger partial charge in [-0.3, -0.25) is 4.90 Å². The van der Waals surface area contributed by atoms with Crippen LogP contribution in [0, 0.1) is 5.92 Å². The van der Waals surface area contributed by atoms with Gasteiger partial charge in [-0.1, -0.05) is 24.3 Å². The molecule has 0 spiro atoms. The maximum atomic E-state index is 11.3. The van der Waals surface area contributed by atoms with Crippen molar-refractivity contribution in [1.29, 1.82) is 0 Å². The molecular formula is C22H22N2O2. The van der Waals surface area contributed by atoms with E-state index >= 15 is 0 Å². The van der Waals surface area contributed by atoms with Crippen LogP contribution in [-0.4, -0.2) is 34.0 Å². The predicted molar refractivity (Wildman–Crippen MR) is 102 cm³/mol. The molecule has 2 aromatic carbocycles. The van der Waals surface area contributed by atoms with Crippen molar-refractivity contribution >= 4 is 16.9 Å². The molecule has 0 bridgehead atoms. The van der Waals surface area contributed by atoms with Crippen molar-refractivity contribution in [3.8, 4) is 0 Å². The lowest BCUT2D eigenvalue weighted by Gasteiger charge is -2.29. The minimum absolute atomic E-state index is 0.364. The molecule has 0 saturated heterocycles. The highest BCUT2D eigenvalue weighted by Crippen LogP contribution is 2.31. The number of hydrogen-bond acceptors (Lipinski definition) is 2. The maximum Gasteiger partial charge on any atom is 0.335 e. The molecule has 2 N–H and O–H groups in total. The summed E-state index contributed by atoms with van der Waals surface area (Å²) in [6.07, 6.45) is 3.36. The van der Waals surface area contributed by atoms with E-state index in [4.69, 9.17) is 0 Å². The first kappa shape index (κ1) is 15.6. The van der Waals surface area contributed by atoms with Crippen molar-refractivity contribution in [2.75, 3.05) is 13.1 Å². The molecule has 2 heterocycles. The van der Waals surface area contributed by atoms with Crippen LogP contribution in [0.25, 0.3) is 10.9 Å². The maximum absolute atomic E-state index is 11.3. The Morgan fingerprint density at radius 2 is 1.92 bits per heavy atom. The fraction of sp³-hybridized carbons (Fsp3) is 0.318. The Hall–Kier alpha value is -2.59. The minimum Gasteiger partial charge on any atom is -0.478 e. The number of hydrogen-bond donors (Lipinski definition) is 2. The molecule has 1 aliphatic carbocycles. The van der Waals surface area contributed by atoms with Crippen LogP contribution in [0.4, 0.5) is 0 Å². The molecule has 0 atom stereocenters. The Balaban J connectivity index is 1.37. The van der Waals surface area contributed by atoms with Crippen LogP contribution in [-0.2, 0) is 25.8 Å². The SMILES string of the molecule is O=C(O)c1ccc2[nH]c3c(c2c1)CN(CC1Cc2ccccc2C1)CC3. The molecule has 4 nitrogen and oxygen atoms in total. The van der Waals surface area contributed by atoms with Crippen molar-refractivity contribution < 1.29 is 9.90 Å². The molecule has 2 aliphatic rings. The van der Waals surface area contributed by atoms with E-state index in [0.717, 1.165) is 37.0 Å². The third kappa shape index (κ3) is 2.61. The van der Waals surface area contributed by atoms with Gasteiger partial charge >= 0.3 is 5.97 Å². The van der Waals surface area contributed by atoms with Crippen LogP contribution in [0.1, 0.15) is 32.7 Å². The van der Waals surface area contributed by atoms with Crippen molar-refractivity contribution in [2.45, 2.75) is 25.8 Å². The van der Waals surface area contributed by atoms with E-state index in [1.165, 1.54) is 35.2 Å². The van der Waals surface area contributed by atoms with Crippen molar-refractivity contribution in [3.63, 3.8) is 0 Å². The van der Waals surface area contributed by atoms with Crippen molar-refractivity contribution in [2.24, 2.45) is 5.92 Å². The summed E-state index contributed by atoms with van der Waals surface area (Å²) in [5, 5.41) is 10.4. The molecule has 0 radical (unpaired) electrons. The number of fused-ring (bicyclic) bond motifs is 4. The number of rotatable bonds is 3. The van der Waals surface area contributed by atoms with Gasteiger partial charge in [-0.15, -0.1) is 0 Å². The highest BCUT2D eigenvalue weighted by molar-refractivity contribution is 5.95. The summed E-state index contributed by atoms with van der Waals surface area (Å²) in [6, 6.07) is 14.2. The molecule has 0 unspecified atom stereocenters. The Kier molecular flexibility index (Phi) is 3.61. The number of aromatic amines is 1. The molecule has 1 aromatic heterocycles. The van der Waals surface area contributed by atoms with Gasteiger partial charge in [-0.05, 0) is 53.6 Å². The summed E-state index contributed by atoms with van der Waals surface area (Å²) in [6.45, 7) is 3.09. The minimum atomic E-state index is -0.863. The topological polar surface area (TPSA) is 56.3 Å². The first-order valence-corrected chi connectivity index (χ1v) is 9.33. The van der Waals surface area contributed by atoms with Crippen LogP contribution in [0.15, 0.2) is 42.5 Å². The highest BCUT2D eigenvalue weighted by Gasteiger charge is 2.26. The van der Waals surface area contributed by atoms with Gasteiger partial charge in [0, 0.05) is 42.7 Å². The number of H-pyrrole nitrogens is 1. The quantitative estimate of drug-likeness (QED) is 0.761. The number of aromatic carboxylic acids is 1. The monoisotopic (exact) mass is 346 g/mol. The third-order valence-electron chi connectivity index (χ3n) is 5.95. The molecule has 0 fully saturated rings. The second-order valence-electron chi connectivity index (χ2n) is 7.68. The van der Waals surface area contributed by atoms with Gasteiger partial charge in [0.25, 0.3) is 0 Å². The molecular weight excluding hydrogens is 324 g/mol. The lowest BCUT2D eigenvalue weighted by atomic mass is 10.00. The van der Waals surface area contributed by atoms with Crippen molar-refractivity contribution in [1.82, 2.24) is 9.88 Å². The summed E-state index contributed by atoms with van der Waals surface area (Å²) in [7, 11) is 0. The van der Waals surface area contributed by atoms with Gasteiger partial charge in [-0.2, -0.15) is 0 Å². The van der Waals surface area contributed by atoms with Gasteiger partial charge in [-0.25, -0.2) is 4.79 Å². The van der Waals surface area contributed by atoms with Crippen LogP contribution in [0.3, 0.4) is 0 Å². The standard InChI is InChI=1S/C22H22N2O2/c25-22(26)17-5-6-20-18(11-17)19-13-24(8-7-21(19)23-20)12-14-9-15-3-1-2-4-16(15)10-14/h1-6,11,14,23H,7-10,12-13H2,(H,25,26). The second-order valence-corrected chi connectivity index (χ2v) is 7.68. The van der Waals surface area contributed by atoms with Crippen LogP contribution >= 0.6 is 0 Å². The van der Waals surface area contributed by atoms with E-state index in [0.29, 0.717) is 11.5 Å². The zero-order chi connectivity index (χ0) is 17.7. The van der Waals surface area contributed by atoms with Crippen molar-refractivity contribution in [3.05, 3.63) is 70.4 Å². The van der Waals surface area contributed by atoms with E-state index in [1.807, 2.05) is 12.1 Å². The molecule has 3 aromatic rings. The summed E-state index contributed by atoms with van der Waals surface area (Å²) in [5.74, 6) is -0.174. The van der Waals surface area contributed by atoms with E-state index in [2.05, 4.69) is 34.1 Å². The average molecular weight is 346 g/mol. The molecule has 1 aliphatic heterocycles. The van der Waals surface area contributed by atoms with E-state index in [9.17, 15) is 9.90 Å². The number of carboxylic acids is 1. The Labute approximate surface area is 152 Å². The van der Waals surface area contributed by atoms with Gasteiger partial charge in [0.2, 0.25) is 0 Å². The Bertz CT molecular complexity index is 980. The van der Waals surface area contributed by atoms with Crippen LogP contribution in [0.2, 0.25) is 0 Å². The molecule has 4 heteroatoms. The number of benzene rings is 2. The van der Waals surface area contributed by atoms with Gasteiger partial charge in [0.05, 0.1) is 5.56 Å². The number of carbonyl (C=O) groups is 1. The lowest BCUT2D eigenvalue weighted by molar-refractivity contribution is 0.0697. The largest absolute Gasteiger partial charge is 0.478 e. The van der Waals surface area contributed by atoms with E-state index < -0.39 is 5.97 Å². The van der Waals surface area contributed by atoms with E-state index in [1.54, 1.807) is 6.07 Å². The van der Waals surface area contributed by atoms with Gasteiger partial charge in [0.1, 0.15) is 0 Å². The fourth-order valence-electron chi connectivity index (χ4n) is 4.70.